The lowest BCUT2D eigenvalue weighted by Gasteiger charge is -2.18. The second-order valence-corrected chi connectivity index (χ2v) is 5.95. The summed E-state index contributed by atoms with van der Waals surface area (Å²) in [6.07, 6.45) is 2.19. The van der Waals surface area contributed by atoms with Gasteiger partial charge in [0, 0.05) is 10.7 Å². The topological polar surface area (TPSA) is 20.3 Å². The molecule has 0 saturated heterocycles. The molecule has 3 heteroatoms. The molecule has 0 fully saturated rings. The van der Waals surface area contributed by atoms with Crippen LogP contribution in [0.2, 0.25) is 5.02 Å². The van der Waals surface area contributed by atoms with Crippen LogP contribution < -0.4 is 4.90 Å². The molecule has 1 heterocycles. The van der Waals surface area contributed by atoms with Gasteiger partial charge in [-0.15, -0.1) is 0 Å². The number of nitrogens with zero attached hydrogens (tertiary/aromatic N) is 1. The van der Waals surface area contributed by atoms with E-state index in [9.17, 15) is 4.79 Å². The predicted molar refractivity (Wildman–Crippen MR) is 87.5 cm³/mol. The van der Waals surface area contributed by atoms with E-state index in [2.05, 4.69) is 19.1 Å². The number of halogens is 1. The van der Waals surface area contributed by atoms with Gasteiger partial charge in [-0.1, -0.05) is 37.1 Å². The minimum atomic E-state index is -0.144. The van der Waals surface area contributed by atoms with Gasteiger partial charge in [0.15, 0.2) is 0 Å². The van der Waals surface area contributed by atoms with E-state index in [4.69, 9.17) is 11.6 Å². The Balaban J connectivity index is 2.01. The van der Waals surface area contributed by atoms with Gasteiger partial charge in [-0.2, -0.15) is 0 Å². The molecule has 21 heavy (non-hydrogen) atoms. The molecule has 3 rings (SSSR count). The maximum atomic E-state index is 12.6. The second-order valence-electron chi connectivity index (χ2n) is 5.51. The Morgan fingerprint density at radius 1 is 1.14 bits per heavy atom. The summed E-state index contributed by atoms with van der Waals surface area (Å²) in [5, 5.41) is 0.675. The number of carbonyl (C=O) groups is 1. The van der Waals surface area contributed by atoms with Crippen LogP contribution in [0.15, 0.2) is 42.5 Å². The van der Waals surface area contributed by atoms with E-state index in [1.54, 1.807) is 4.90 Å². The van der Waals surface area contributed by atoms with Gasteiger partial charge in [0.05, 0.1) is 11.6 Å². The van der Waals surface area contributed by atoms with Crippen molar-refractivity contribution in [3.8, 4) is 0 Å². The molecule has 1 amide bonds. The van der Waals surface area contributed by atoms with Crippen LogP contribution in [0.3, 0.4) is 0 Å². The maximum absolute atomic E-state index is 12.6. The van der Waals surface area contributed by atoms with Crippen molar-refractivity contribution in [1.29, 1.82) is 0 Å². The van der Waals surface area contributed by atoms with E-state index >= 15 is 0 Å². The first kappa shape index (κ1) is 14.2. The average Bonchev–Trinajstić information content (AvgIpc) is 2.73. The quantitative estimate of drug-likeness (QED) is 0.774. The van der Waals surface area contributed by atoms with Gasteiger partial charge in [0.1, 0.15) is 0 Å². The van der Waals surface area contributed by atoms with Crippen molar-refractivity contribution in [2.45, 2.75) is 32.6 Å². The number of aryl methyl sites for hydroxylation is 1. The maximum Gasteiger partial charge on any atom is 0.238 e. The fourth-order valence-corrected chi connectivity index (χ4v) is 3.07. The van der Waals surface area contributed by atoms with Crippen LogP contribution in [0, 0.1) is 0 Å². The second kappa shape index (κ2) is 5.53. The number of hydrogen-bond acceptors (Lipinski definition) is 1. The van der Waals surface area contributed by atoms with Gasteiger partial charge in [-0.05, 0) is 54.8 Å². The highest BCUT2D eigenvalue weighted by Crippen LogP contribution is 2.42. The number of hydrogen-bond donors (Lipinski definition) is 0. The monoisotopic (exact) mass is 299 g/mol. The third-order valence-electron chi connectivity index (χ3n) is 4.02. The highest BCUT2D eigenvalue weighted by atomic mass is 35.5. The van der Waals surface area contributed by atoms with Crippen LogP contribution in [0.25, 0.3) is 0 Å². The summed E-state index contributed by atoms with van der Waals surface area (Å²) >= 11 is 6.06. The SMILES string of the molecule is CCCc1ccc(N2C(=O)C(C)c3cc(Cl)ccc32)cc1. The van der Waals surface area contributed by atoms with Crippen LogP contribution in [-0.2, 0) is 11.2 Å². The van der Waals surface area contributed by atoms with Crippen molar-refractivity contribution in [2.75, 3.05) is 4.90 Å². The number of amides is 1. The zero-order valence-electron chi connectivity index (χ0n) is 12.3. The molecule has 2 aromatic rings. The lowest BCUT2D eigenvalue weighted by atomic mass is 10.0. The number of fused-ring (bicyclic) bond motifs is 1. The normalized spacial score (nSPS) is 17.2. The van der Waals surface area contributed by atoms with Gasteiger partial charge < -0.3 is 0 Å². The molecule has 0 aromatic heterocycles. The molecule has 2 nitrogen and oxygen atoms in total. The summed E-state index contributed by atoms with van der Waals surface area (Å²) in [6.45, 7) is 4.10. The van der Waals surface area contributed by atoms with E-state index < -0.39 is 0 Å². The molecule has 1 atom stereocenters. The van der Waals surface area contributed by atoms with Gasteiger partial charge in [-0.25, -0.2) is 0 Å². The fourth-order valence-electron chi connectivity index (χ4n) is 2.89. The third-order valence-corrected chi connectivity index (χ3v) is 4.26. The summed E-state index contributed by atoms with van der Waals surface area (Å²) in [4.78, 5) is 14.4. The molecule has 1 unspecified atom stereocenters. The van der Waals surface area contributed by atoms with Crippen molar-refractivity contribution >= 4 is 28.9 Å². The summed E-state index contributed by atoms with van der Waals surface area (Å²) in [6, 6.07) is 13.9. The Bertz CT molecular complexity index is 678. The van der Waals surface area contributed by atoms with Crippen LogP contribution >= 0.6 is 11.6 Å². The van der Waals surface area contributed by atoms with Crippen LogP contribution in [0.4, 0.5) is 11.4 Å². The molecular formula is C18H18ClNO. The molecule has 0 bridgehead atoms. The molecule has 2 aromatic carbocycles. The van der Waals surface area contributed by atoms with Crippen molar-refractivity contribution in [2.24, 2.45) is 0 Å². The van der Waals surface area contributed by atoms with E-state index in [1.807, 2.05) is 37.3 Å². The molecule has 0 spiro atoms. The molecule has 0 N–H and O–H groups in total. The summed E-state index contributed by atoms with van der Waals surface area (Å²) < 4.78 is 0. The smallest absolute Gasteiger partial charge is 0.238 e. The molecule has 108 valence electrons. The predicted octanol–water partition coefficient (Wildman–Crippen LogP) is 5.07. The number of rotatable bonds is 3. The Labute approximate surface area is 130 Å². The number of anilines is 2. The minimum absolute atomic E-state index is 0.107. The van der Waals surface area contributed by atoms with Crippen LogP contribution in [0.1, 0.15) is 37.3 Å². The number of benzene rings is 2. The number of carbonyl (C=O) groups excluding carboxylic acids is 1. The van der Waals surface area contributed by atoms with Crippen molar-refractivity contribution in [3.63, 3.8) is 0 Å². The van der Waals surface area contributed by atoms with Gasteiger partial charge in [0.2, 0.25) is 5.91 Å². The van der Waals surface area contributed by atoms with Crippen LogP contribution in [0.5, 0.6) is 0 Å². The lowest BCUT2D eigenvalue weighted by Crippen LogP contribution is -2.22. The Hall–Kier alpha value is -1.80. The highest BCUT2D eigenvalue weighted by Gasteiger charge is 2.35. The molecule has 1 aliphatic heterocycles. The first-order chi connectivity index (χ1) is 10.1. The zero-order valence-corrected chi connectivity index (χ0v) is 13.0. The van der Waals surface area contributed by atoms with E-state index in [0.717, 1.165) is 29.8 Å². The van der Waals surface area contributed by atoms with Crippen LogP contribution in [-0.4, -0.2) is 5.91 Å². The highest BCUT2D eigenvalue weighted by molar-refractivity contribution is 6.31. The molecule has 0 saturated carbocycles. The largest absolute Gasteiger partial charge is 0.280 e. The standard InChI is InChI=1S/C18H18ClNO/c1-3-4-13-5-8-15(9-6-13)20-17-10-7-14(19)11-16(17)12(2)18(20)21/h5-12H,3-4H2,1-2H3. The third kappa shape index (κ3) is 2.44. The Morgan fingerprint density at radius 3 is 2.52 bits per heavy atom. The first-order valence-electron chi connectivity index (χ1n) is 7.34. The van der Waals surface area contributed by atoms with E-state index in [0.29, 0.717) is 5.02 Å². The molecular weight excluding hydrogens is 282 g/mol. The summed E-state index contributed by atoms with van der Waals surface area (Å²) in [7, 11) is 0. The average molecular weight is 300 g/mol. The minimum Gasteiger partial charge on any atom is -0.280 e. The summed E-state index contributed by atoms with van der Waals surface area (Å²) in [5.74, 6) is -0.0375. The van der Waals surface area contributed by atoms with Crippen molar-refractivity contribution < 1.29 is 4.79 Å². The Kier molecular flexibility index (Phi) is 3.73. The zero-order chi connectivity index (χ0) is 15.0. The first-order valence-corrected chi connectivity index (χ1v) is 7.72. The van der Waals surface area contributed by atoms with Crippen molar-refractivity contribution in [3.05, 3.63) is 58.6 Å². The molecule has 0 aliphatic carbocycles. The van der Waals surface area contributed by atoms with Gasteiger partial charge in [-0.3, -0.25) is 9.69 Å². The lowest BCUT2D eigenvalue weighted by molar-refractivity contribution is -0.118. The van der Waals surface area contributed by atoms with E-state index in [1.165, 1.54) is 5.56 Å². The Morgan fingerprint density at radius 2 is 1.86 bits per heavy atom. The molecule has 0 radical (unpaired) electrons. The summed E-state index contributed by atoms with van der Waals surface area (Å²) in [5.41, 5.74) is 4.18. The van der Waals surface area contributed by atoms with Gasteiger partial charge in [0.25, 0.3) is 0 Å². The molecule has 1 aliphatic rings. The van der Waals surface area contributed by atoms with Crippen molar-refractivity contribution in [1.82, 2.24) is 0 Å². The van der Waals surface area contributed by atoms with Gasteiger partial charge >= 0.3 is 0 Å². The fraction of sp³-hybridized carbons (Fsp3) is 0.278. The van der Waals surface area contributed by atoms with E-state index in [-0.39, 0.29) is 11.8 Å².